The number of aromatic nitrogens is 2. The van der Waals surface area contributed by atoms with E-state index in [0.29, 0.717) is 17.9 Å². The standard InChI is InChI=1S/C16H16N5O4.3CH3.Sn/c1-8-6-21-10(7-20(8)16(24)25)15(23)19(2)12-11(21)9-4-3-5-17-13(9)18-14(12)22;;;;/h3-4,8,10H,6-7H2,1-2H3,(H,24,25)(H,17,18,22);3*1H3;/p-1. The number of piperazine rings is 1. The van der Waals surface area contributed by atoms with Gasteiger partial charge in [0.05, 0.1) is 0 Å². The minimum atomic E-state index is -2.45. The summed E-state index contributed by atoms with van der Waals surface area (Å²) in [6, 6.07) is 2.91. The summed E-state index contributed by atoms with van der Waals surface area (Å²) >= 11 is -2.45. The summed E-state index contributed by atoms with van der Waals surface area (Å²) in [4.78, 5) is 56.1. The van der Waals surface area contributed by atoms with Crippen molar-refractivity contribution in [3.63, 3.8) is 0 Å². The molecule has 1 N–H and O–H groups in total. The van der Waals surface area contributed by atoms with Gasteiger partial charge in [0.25, 0.3) is 0 Å². The molecule has 9 nitrogen and oxygen atoms in total. The SMILES string of the molecule is CC1CN2c3c(c(=O)[nH]c4n[c]([Sn]([CH3])([CH3])[CH3])ccc34)N(C)C(=O)C2CN1C(=O)[O-]. The molecule has 2 atom stereocenters. The molecule has 0 radical (unpaired) electrons. The summed E-state index contributed by atoms with van der Waals surface area (Å²) < 4.78 is 1.05. The summed E-state index contributed by atoms with van der Waals surface area (Å²) in [5, 5.41) is 12.2. The van der Waals surface area contributed by atoms with Crippen molar-refractivity contribution in [2.75, 3.05) is 29.9 Å². The van der Waals surface area contributed by atoms with E-state index in [4.69, 9.17) is 4.98 Å². The first kappa shape index (κ1) is 20.0. The Morgan fingerprint density at radius 1 is 1.21 bits per heavy atom. The van der Waals surface area contributed by atoms with Gasteiger partial charge in [-0.05, 0) is 0 Å². The van der Waals surface area contributed by atoms with E-state index in [1.807, 2.05) is 17.0 Å². The van der Waals surface area contributed by atoms with Crippen LogP contribution in [0.5, 0.6) is 0 Å². The van der Waals surface area contributed by atoms with Crippen molar-refractivity contribution in [2.24, 2.45) is 0 Å². The number of amides is 2. The number of anilines is 2. The van der Waals surface area contributed by atoms with Crippen molar-refractivity contribution in [2.45, 2.75) is 33.8 Å². The van der Waals surface area contributed by atoms with Gasteiger partial charge in [-0.15, -0.1) is 0 Å². The van der Waals surface area contributed by atoms with Gasteiger partial charge in [0, 0.05) is 0 Å². The second kappa shape index (κ2) is 6.61. The van der Waals surface area contributed by atoms with Crippen LogP contribution >= 0.6 is 0 Å². The fourth-order valence-corrected chi connectivity index (χ4v) is 7.13. The summed E-state index contributed by atoms with van der Waals surface area (Å²) in [6.07, 6.45) is -1.29. The minimum absolute atomic E-state index is 0.00433. The molecule has 2 aromatic rings. The fraction of sp³-hybridized carbons (Fsp3) is 0.474. The van der Waals surface area contributed by atoms with Gasteiger partial charge < -0.3 is 0 Å². The predicted molar refractivity (Wildman–Crippen MR) is 111 cm³/mol. The van der Waals surface area contributed by atoms with Crippen LogP contribution < -0.4 is 24.2 Å². The third-order valence-corrected chi connectivity index (χ3v) is 11.0. The van der Waals surface area contributed by atoms with Gasteiger partial charge in [-0.3, -0.25) is 0 Å². The van der Waals surface area contributed by atoms with Gasteiger partial charge in [-0.1, -0.05) is 0 Å². The van der Waals surface area contributed by atoms with Crippen molar-refractivity contribution >= 4 is 56.5 Å². The van der Waals surface area contributed by atoms with Crippen LogP contribution in [0.25, 0.3) is 11.0 Å². The van der Waals surface area contributed by atoms with Crippen molar-refractivity contribution in [3.05, 3.63) is 22.5 Å². The number of rotatable bonds is 1. The van der Waals surface area contributed by atoms with E-state index in [1.165, 1.54) is 9.80 Å². The van der Waals surface area contributed by atoms with E-state index >= 15 is 0 Å². The molecule has 2 aliphatic heterocycles. The number of carboxylic acid groups (broad SMARTS) is 1. The molecule has 0 aliphatic carbocycles. The first-order chi connectivity index (χ1) is 13.5. The Kier molecular flexibility index (Phi) is 4.56. The first-order valence-electron chi connectivity index (χ1n) is 9.60. The molecular formula is C19H24N5O4Sn-. The third-order valence-electron chi connectivity index (χ3n) is 5.80. The molecule has 1 saturated heterocycles. The number of pyridine rings is 2. The molecule has 1 fully saturated rings. The number of fused-ring (bicyclic) bond motifs is 5. The van der Waals surface area contributed by atoms with Gasteiger partial charge >= 0.3 is 172 Å². The number of likely N-dealkylation sites (N-methyl/N-ethyl adjacent to an activating group) is 1. The zero-order valence-corrected chi connectivity index (χ0v) is 20.0. The van der Waals surface area contributed by atoms with Crippen molar-refractivity contribution < 1.29 is 14.7 Å². The van der Waals surface area contributed by atoms with E-state index in [0.717, 1.165) is 9.10 Å². The Morgan fingerprint density at radius 3 is 2.52 bits per heavy atom. The molecule has 2 aromatic heterocycles. The van der Waals surface area contributed by atoms with Crippen LogP contribution in [0.4, 0.5) is 16.2 Å². The number of nitrogens with one attached hydrogen (secondary N) is 1. The van der Waals surface area contributed by atoms with Crippen LogP contribution in [0.2, 0.25) is 14.8 Å². The van der Waals surface area contributed by atoms with Crippen LogP contribution in [0.15, 0.2) is 16.9 Å². The molecule has 2 amide bonds. The van der Waals surface area contributed by atoms with E-state index in [9.17, 15) is 19.5 Å². The Hall–Kier alpha value is -2.30. The zero-order valence-electron chi connectivity index (χ0n) is 17.1. The second-order valence-corrected chi connectivity index (χ2v) is 23.1. The molecule has 4 rings (SSSR count). The molecule has 0 aromatic carbocycles. The predicted octanol–water partition coefficient (Wildman–Crippen LogP) is -0.333. The van der Waals surface area contributed by atoms with Crippen LogP contribution in [0.1, 0.15) is 6.92 Å². The van der Waals surface area contributed by atoms with Gasteiger partial charge in [0.1, 0.15) is 0 Å². The summed E-state index contributed by atoms with van der Waals surface area (Å²) in [7, 11) is 1.55. The molecular weight excluding hydrogens is 481 g/mol. The van der Waals surface area contributed by atoms with Crippen LogP contribution in [0.3, 0.4) is 0 Å². The Morgan fingerprint density at radius 2 is 1.90 bits per heavy atom. The van der Waals surface area contributed by atoms with Gasteiger partial charge in [-0.2, -0.15) is 0 Å². The molecule has 2 unspecified atom stereocenters. The summed E-state index contributed by atoms with van der Waals surface area (Å²) in [5.74, 6) is -0.309. The summed E-state index contributed by atoms with van der Waals surface area (Å²) in [5.41, 5.74) is 1.06. The van der Waals surface area contributed by atoms with Crippen molar-refractivity contribution in [1.29, 1.82) is 0 Å². The Labute approximate surface area is 172 Å². The number of nitrogens with zero attached hydrogens (tertiary/aromatic N) is 4. The number of hydrogen-bond acceptors (Lipinski definition) is 6. The molecule has 10 heteroatoms. The van der Waals surface area contributed by atoms with Gasteiger partial charge in [0.15, 0.2) is 0 Å². The summed E-state index contributed by atoms with van der Waals surface area (Å²) in [6.45, 7) is 2.07. The number of aromatic amines is 1. The Balaban J connectivity index is 1.95. The molecule has 2 aliphatic rings. The monoisotopic (exact) mass is 506 g/mol. The van der Waals surface area contributed by atoms with E-state index in [1.54, 1.807) is 14.0 Å². The van der Waals surface area contributed by atoms with Gasteiger partial charge in [0.2, 0.25) is 0 Å². The molecule has 4 heterocycles. The maximum absolute atomic E-state index is 13.0. The average molecular weight is 505 g/mol. The quantitative estimate of drug-likeness (QED) is 0.532. The van der Waals surface area contributed by atoms with Crippen LogP contribution in [-0.2, 0) is 4.79 Å². The molecule has 154 valence electrons. The van der Waals surface area contributed by atoms with E-state index < -0.39 is 30.5 Å². The Bertz CT molecular complexity index is 1090. The number of H-pyrrole nitrogens is 1. The zero-order chi connectivity index (χ0) is 21.2. The van der Waals surface area contributed by atoms with Crippen LogP contribution in [0, 0.1) is 0 Å². The van der Waals surface area contributed by atoms with Crippen molar-refractivity contribution in [1.82, 2.24) is 14.9 Å². The average Bonchev–Trinajstić information content (AvgIpc) is 2.63. The molecule has 29 heavy (non-hydrogen) atoms. The van der Waals surface area contributed by atoms with Crippen molar-refractivity contribution in [3.8, 4) is 0 Å². The number of hydrogen-bond donors (Lipinski definition) is 1. The van der Waals surface area contributed by atoms with E-state index in [2.05, 4.69) is 19.8 Å². The topological polar surface area (TPSA) is 113 Å². The van der Waals surface area contributed by atoms with E-state index in [-0.39, 0.29) is 29.7 Å². The second-order valence-electron chi connectivity index (χ2n) is 8.83. The first-order valence-corrected chi connectivity index (χ1v) is 19.6. The van der Waals surface area contributed by atoms with Gasteiger partial charge in [-0.25, -0.2) is 0 Å². The molecule has 0 spiro atoms. The molecule has 0 bridgehead atoms. The maximum atomic E-state index is 13.0. The fourth-order valence-electron chi connectivity index (χ4n) is 4.19. The third kappa shape index (κ3) is 3.06. The number of carbonyl (C=O) groups is 2. The van der Waals surface area contributed by atoms with Crippen LogP contribution in [-0.4, -0.2) is 77.5 Å². The number of carbonyl (C=O) groups excluding carboxylic acids is 2. The normalized spacial score (nSPS) is 22.0. The molecule has 0 saturated carbocycles.